The van der Waals surface area contributed by atoms with Gasteiger partial charge in [0, 0.05) is 44.0 Å². The van der Waals surface area contributed by atoms with E-state index in [-0.39, 0.29) is 0 Å². The van der Waals surface area contributed by atoms with Gasteiger partial charge in [-0.05, 0) is 25.5 Å². The number of hydrogen-bond donors (Lipinski definition) is 0. The molecule has 0 radical (unpaired) electrons. The molecular formula is C14H21N3O. The van der Waals surface area contributed by atoms with Crippen molar-refractivity contribution in [3.63, 3.8) is 0 Å². The number of ether oxygens (including phenoxy) is 1. The summed E-state index contributed by atoms with van der Waals surface area (Å²) in [5, 5.41) is 0. The van der Waals surface area contributed by atoms with E-state index in [1.165, 1.54) is 38.0 Å². The molecule has 98 valence electrons. The molecule has 0 bridgehead atoms. The molecule has 2 heterocycles. The normalized spacial score (nSPS) is 23.2. The Morgan fingerprint density at radius 1 is 1.33 bits per heavy atom. The summed E-state index contributed by atoms with van der Waals surface area (Å²) in [5.41, 5.74) is 1.75. The summed E-state index contributed by atoms with van der Waals surface area (Å²) in [6, 6.07) is 4.07. The second kappa shape index (κ2) is 4.52. The summed E-state index contributed by atoms with van der Waals surface area (Å²) in [6.07, 6.45) is 4.63. The molecule has 0 N–H and O–H groups in total. The maximum atomic E-state index is 5.10. The zero-order valence-electron chi connectivity index (χ0n) is 11.2. The highest BCUT2D eigenvalue weighted by Gasteiger charge is 2.50. The minimum absolute atomic E-state index is 0.465. The van der Waals surface area contributed by atoms with Crippen LogP contribution in [0.1, 0.15) is 18.4 Å². The first kappa shape index (κ1) is 11.9. The van der Waals surface area contributed by atoms with Crippen LogP contribution in [0.15, 0.2) is 18.3 Å². The van der Waals surface area contributed by atoms with Crippen molar-refractivity contribution in [2.45, 2.75) is 24.9 Å². The number of piperazine rings is 1. The maximum Gasteiger partial charge on any atom is 0.212 e. The Balaban J connectivity index is 1.68. The smallest absolute Gasteiger partial charge is 0.212 e. The maximum absolute atomic E-state index is 5.10. The molecule has 3 rings (SSSR count). The first-order valence-corrected chi connectivity index (χ1v) is 6.64. The van der Waals surface area contributed by atoms with Gasteiger partial charge in [-0.2, -0.15) is 0 Å². The Labute approximate surface area is 109 Å². The van der Waals surface area contributed by atoms with Crippen molar-refractivity contribution in [2.24, 2.45) is 0 Å². The zero-order chi connectivity index (χ0) is 12.6. The van der Waals surface area contributed by atoms with E-state index >= 15 is 0 Å². The van der Waals surface area contributed by atoms with Crippen molar-refractivity contribution in [1.82, 2.24) is 14.8 Å². The first-order chi connectivity index (χ1) is 8.72. The third-order valence-corrected chi connectivity index (χ3v) is 4.19. The predicted molar refractivity (Wildman–Crippen MR) is 70.7 cm³/mol. The van der Waals surface area contributed by atoms with Gasteiger partial charge in [0.25, 0.3) is 0 Å². The highest BCUT2D eigenvalue weighted by Crippen LogP contribution is 2.44. The molecular weight excluding hydrogens is 226 g/mol. The van der Waals surface area contributed by atoms with Crippen molar-refractivity contribution in [3.05, 3.63) is 23.9 Å². The lowest BCUT2D eigenvalue weighted by atomic mass is 10.1. The van der Waals surface area contributed by atoms with Gasteiger partial charge in [0.1, 0.15) is 0 Å². The van der Waals surface area contributed by atoms with Crippen molar-refractivity contribution >= 4 is 0 Å². The Morgan fingerprint density at radius 2 is 2.17 bits per heavy atom. The molecule has 4 nitrogen and oxygen atoms in total. The number of likely N-dealkylation sites (N-methyl/N-ethyl adjacent to an activating group) is 1. The van der Waals surface area contributed by atoms with E-state index < -0.39 is 0 Å². The first-order valence-electron chi connectivity index (χ1n) is 6.64. The molecule has 1 aromatic heterocycles. The van der Waals surface area contributed by atoms with Gasteiger partial charge in [0.15, 0.2) is 0 Å². The number of hydrogen-bond acceptors (Lipinski definition) is 4. The Bertz CT molecular complexity index is 414. The van der Waals surface area contributed by atoms with Crippen LogP contribution < -0.4 is 4.74 Å². The molecule has 0 amide bonds. The molecule has 0 unspecified atom stereocenters. The van der Waals surface area contributed by atoms with E-state index in [4.69, 9.17) is 4.74 Å². The average molecular weight is 247 g/mol. The van der Waals surface area contributed by atoms with E-state index in [0.29, 0.717) is 11.4 Å². The van der Waals surface area contributed by atoms with E-state index in [1.54, 1.807) is 7.11 Å². The van der Waals surface area contributed by atoms with Gasteiger partial charge in [-0.15, -0.1) is 0 Å². The minimum atomic E-state index is 0.465. The van der Waals surface area contributed by atoms with Crippen LogP contribution in [-0.2, 0) is 6.54 Å². The molecule has 4 heteroatoms. The van der Waals surface area contributed by atoms with Gasteiger partial charge >= 0.3 is 0 Å². The van der Waals surface area contributed by atoms with E-state index in [9.17, 15) is 0 Å². The van der Waals surface area contributed by atoms with Crippen LogP contribution in [0.5, 0.6) is 5.88 Å². The molecule has 1 spiro atoms. The molecule has 1 saturated carbocycles. The lowest BCUT2D eigenvalue weighted by molar-refractivity contribution is 0.0673. The molecule has 1 aliphatic carbocycles. The summed E-state index contributed by atoms with van der Waals surface area (Å²) < 4.78 is 5.10. The van der Waals surface area contributed by atoms with Gasteiger partial charge in [0.05, 0.1) is 7.11 Å². The van der Waals surface area contributed by atoms with Gasteiger partial charge in [-0.3, -0.25) is 4.90 Å². The number of aromatic nitrogens is 1. The molecule has 1 saturated heterocycles. The quantitative estimate of drug-likeness (QED) is 0.806. The van der Waals surface area contributed by atoms with Gasteiger partial charge in [-0.1, -0.05) is 6.07 Å². The number of nitrogens with zero attached hydrogens (tertiary/aromatic N) is 3. The number of pyridine rings is 1. The van der Waals surface area contributed by atoms with Crippen LogP contribution in [0.2, 0.25) is 0 Å². The SMILES string of the molecule is COc1ccc(CN2CCN(C)CC23CC3)cn1. The predicted octanol–water partition coefficient (Wildman–Crippen LogP) is 1.37. The topological polar surface area (TPSA) is 28.6 Å². The second-order valence-electron chi connectivity index (χ2n) is 5.59. The third-order valence-electron chi connectivity index (χ3n) is 4.19. The van der Waals surface area contributed by atoms with Crippen molar-refractivity contribution in [3.8, 4) is 5.88 Å². The van der Waals surface area contributed by atoms with Crippen molar-refractivity contribution in [1.29, 1.82) is 0 Å². The second-order valence-corrected chi connectivity index (χ2v) is 5.59. The fourth-order valence-electron chi connectivity index (χ4n) is 2.92. The van der Waals surface area contributed by atoms with Crippen molar-refractivity contribution < 1.29 is 4.74 Å². The van der Waals surface area contributed by atoms with Gasteiger partial charge < -0.3 is 9.64 Å². The largest absolute Gasteiger partial charge is 0.481 e. The van der Waals surface area contributed by atoms with E-state index in [0.717, 1.165) is 6.54 Å². The molecule has 1 aromatic rings. The average Bonchev–Trinajstić information content (AvgIpc) is 3.14. The number of rotatable bonds is 3. The third kappa shape index (κ3) is 2.22. The summed E-state index contributed by atoms with van der Waals surface area (Å²) >= 11 is 0. The van der Waals surface area contributed by atoms with Crippen LogP contribution in [0.4, 0.5) is 0 Å². The van der Waals surface area contributed by atoms with Crippen LogP contribution >= 0.6 is 0 Å². The standard InChI is InChI=1S/C14H21N3O/c1-16-7-8-17(14(11-16)5-6-14)10-12-3-4-13(18-2)15-9-12/h3-4,9H,5-8,10-11H2,1-2H3. The van der Waals surface area contributed by atoms with E-state index in [1.807, 2.05) is 12.3 Å². The van der Waals surface area contributed by atoms with Crippen LogP contribution in [0.3, 0.4) is 0 Å². The van der Waals surface area contributed by atoms with Crippen molar-refractivity contribution in [2.75, 3.05) is 33.8 Å². The molecule has 0 aromatic carbocycles. The molecule has 2 fully saturated rings. The zero-order valence-corrected chi connectivity index (χ0v) is 11.2. The highest BCUT2D eigenvalue weighted by atomic mass is 16.5. The minimum Gasteiger partial charge on any atom is -0.481 e. The molecule has 1 aliphatic heterocycles. The summed E-state index contributed by atoms with van der Waals surface area (Å²) in [5.74, 6) is 0.693. The van der Waals surface area contributed by atoms with Gasteiger partial charge in [0.2, 0.25) is 5.88 Å². The lowest BCUT2D eigenvalue weighted by Gasteiger charge is -2.40. The summed E-state index contributed by atoms with van der Waals surface area (Å²) in [7, 11) is 3.88. The van der Waals surface area contributed by atoms with E-state index in [2.05, 4.69) is 27.9 Å². The van der Waals surface area contributed by atoms with Crippen LogP contribution in [0, 0.1) is 0 Å². The molecule has 0 atom stereocenters. The molecule has 2 aliphatic rings. The van der Waals surface area contributed by atoms with Crippen LogP contribution in [0.25, 0.3) is 0 Å². The Hall–Kier alpha value is -1.13. The summed E-state index contributed by atoms with van der Waals surface area (Å²) in [4.78, 5) is 9.38. The monoisotopic (exact) mass is 247 g/mol. The number of methoxy groups -OCH3 is 1. The Morgan fingerprint density at radius 3 is 2.78 bits per heavy atom. The summed E-state index contributed by atoms with van der Waals surface area (Å²) in [6.45, 7) is 4.58. The fraction of sp³-hybridized carbons (Fsp3) is 0.643. The Kier molecular flexibility index (Phi) is 2.99. The highest BCUT2D eigenvalue weighted by molar-refractivity contribution is 5.19. The van der Waals surface area contributed by atoms with Gasteiger partial charge in [-0.25, -0.2) is 4.98 Å². The van der Waals surface area contributed by atoms with Crippen LogP contribution in [-0.4, -0.2) is 54.1 Å². The molecule has 18 heavy (non-hydrogen) atoms. The fourth-order valence-corrected chi connectivity index (χ4v) is 2.92. The lowest BCUT2D eigenvalue weighted by Crippen LogP contribution is -2.53.